The standard InChI is InChI=1S/C14H18N4O3S/c1-3-8-15-14(19)17-11-9-16-18(10-11)12-6-4-5-7-13(12)22(2,20)21/h4-7,9-10H,3,8H2,1-2H3,(H2,15,17,19). The van der Waals surface area contributed by atoms with E-state index < -0.39 is 9.84 Å². The van der Waals surface area contributed by atoms with Crippen LogP contribution in [-0.4, -0.2) is 37.0 Å². The number of hydrogen-bond donors (Lipinski definition) is 2. The molecular formula is C14H18N4O3S. The summed E-state index contributed by atoms with van der Waals surface area (Å²) in [4.78, 5) is 11.8. The molecule has 0 bridgehead atoms. The zero-order valence-corrected chi connectivity index (χ0v) is 13.2. The van der Waals surface area contributed by atoms with Crippen molar-refractivity contribution >= 4 is 21.6 Å². The van der Waals surface area contributed by atoms with E-state index in [1.165, 1.54) is 16.9 Å². The van der Waals surface area contributed by atoms with Crippen LogP contribution in [0.25, 0.3) is 5.69 Å². The van der Waals surface area contributed by atoms with Crippen LogP contribution in [0.5, 0.6) is 0 Å². The number of nitrogens with zero attached hydrogens (tertiary/aromatic N) is 2. The number of carbonyl (C=O) groups is 1. The lowest BCUT2D eigenvalue weighted by atomic mass is 10.3. The second-order valence-corrected chi connectivity index (χ2v) is 6.78. The van der Waals surface area contributed by atoms with Crippen molar-refractivity contribution in [3.63, 3.8) is 0 Å². The summed E-state index contributed by atoms with van der Waals surface area (Å²) in [6.45, 7) is 2.54. The summed E-state index contributed by atoms with van der Waals surface area (Å²) >= 11 is 0. The van der Waals surface area contributed by atoms with E-state index >= 15 is 0 Å². The van der Waals surface area contributed by atoms with E-state index in [4.69, 9.17) is 0 Å². The molecule has 0 aliphatic rings. The van der Waals surface area contributed by atoms with Crippen LogP contribution in [0.4, 0.5) is 10.5 Å². The van der Waals surface area contributed by atoms with Gasteiger partial charge in [-0.05, 0) is 18.6 Å². The van der Waals surface area contributed by atoms with Crippen LogP contribution < -0.4 is 10.6 Å². The van der Waals surface area contributed by atoms with Gasteiger partial charge in [-0.2, -0.15) is 5.10 Å². The van der Waals surface area contributed by atoms with E-state index in [1.807, 2.05) is 6.92 Å². The Morgan fingerprint density at radius 1 is 1.32 bits per heavy atom. The number of para-hydroxylation sites is 1. The number of amides is 2. The van der Waals surface area contributed by atoms with E-state index in [-0.39, 0.29) is 10.9 Å². The summed E-state index contributed by atoms with van der Waals surface area (Å²) in [5.74, 6) is 0. The van der Waals surface area contributed by atoms with E-state index in [1.54, 1.807) is 24.4 Å². The van der Waals surface area contributed by atoms with Gasteiger partial charge in [0.25, 0.3) is 0 Å². The maximum Gasteiger partial charge on any atom is 0.319 e. The average Bonchev–Trinajstić information content (AvgIpc) is 2.92. The van der Waals surface area contributed by atoms with E-state index in [9.17, 15) is 13.2 Å². The Kier molecular flexibility index (Phi) is 4.81. The number of aromatic nitrogens is 2. The van der Waals surface area contributed by atoms with Gasteiger partial charge in [0.2, 0.25) is 0 Å². The minimum Gasteiger partial charge on any atom is -0.338 e. The molecule has 0 aliphatic heterocycles. The van der Waals surface area contributed by atoms with Gasteiger partial charge in [-0.25, -0.2) is 17.9 Å². The third-order valence-electron chi connectivity index (χ3n) is 2.89. The smallest absolute Gasteiger partial charge is 0.319 e. The minimum absolute atomic E-state index is 0.181. The molecule has 22 heavy (non-hydrogen) atoms. The molecule has 1 aromatic carbocycles. The molecule has 0 atom stereocenters. The molecule has 7 nitrogen and oxygen atoms in total. The van der Waals surface area contributed by atoms with Gasteiger partial charge in [-0.1, -0.05) is 19.1 Å². The average molecular weight is 322 g/mol. The number of hydrogen-bond acceptors (Lipinski definition) is 4. The lowest BCUT2D eigenvalue weighted by Crippen LogP contribution is -2.29. The molecule has 8 heteroatoms. The van der Waals surface area contributed by atoms with Gasteiger partial charge >= 0.3 is 6.03 Å². The molecule has 0 spiro atoms. The molecule has 118 valence electrons. The Balaban J connectivity index is 2.24. The summed E-state index contributed by atoms with van der Waals surface area (Å²) in [6, 6.07) is 6.24. The zero-order chi connectivity index (χ0) is 16.2. The topological polar surface area (TPSA) is 93.1 Å². The van der Waals surface area contributed by atoms with Crippen molar-refractivity contribution in [2.45, 2.75) is 18.2 Å². The lowest BCUT2D eigenvalue weighted by molar-refractivity contribution is 0.252. The van der Waals surface area contributed by atoms with Crippen LogP contribution in [0.1, 0.15) is 13.3 Å². The van der Waals surface area contributed by atoms with Gasteiger partial charge in [0.1, 0.15) is 0 Å². The highest BCUT2D eigenvalue weighted by molar-refractivity contribution is 7.90. The van der Waals surface area contributed by atoms with Crippen LogP contribution in [0.15, 0.2) is 41.6 Å². The first-order valence-corrected chi connectivity index (χ1v) is 8.70. The maximum atomic E-state index is 11.8. The number of rotatable bonds is 5. The second-order valence-electron chi connectivity index (χ2n) is 4.79. The Hall–Kier alpha value is -2.35. The van der Waals surface area contributed by atoms with Crippen molar-refractivity contribution in [3.8, 4) is 5.69 Å². The van der Waals surface area contributed by atoms with Crippen LogP contribution in [0, 0.1) is 0 Å². The van der Waals surface area contributed by atoms with Crippen LogP contribution in [-0.2, 0) is 9.84 Å². The first-order chi connectivity index (χ1) is 10.4. The van der Waals surface area contributed by atoms with Crippen molar-refractivity contribution in [1.82, 2.24) is 15.1 Å². The predicted octanol–water partition coefficient (Wildman–Crippen LogP) is 1.81. The highest BCUT2D eigenvalue weighted by atomic mass is 32.2. The molecule has 2 rings (SSSR count). The first kappa shape index (κ1) is 16.0. The van der Waals surface area contributed by atoms with Gasteiger partial charge < -0.3 is 10.6 Å². The molecule has 0 aliphatic carbocycles. The fraction of sp³-hybridized carbons (Fsp3) is 0.286. The number of nitrogens with one attached hydrogen (secondary N) is 2. The number of urea groups is 1. The Bertz CT molecular complexity index is 768. The van der Waals surface area contributed by atoms with Crippen LogP contribution in [0.2, 0.25) is 0 Å². The molecule has 2 N–H and O–H groups in total. The summed E-state index contributed by atoms with van der Waals surface area (Å²) < 4.78 is 25.0. The molecule has 2 amide bonds. The molecule has 0 radical (unpaired) electrons. The molecule has 0 fully saturated rings. The summed E-state index contributed by atoms with van der Waals surface area (Å²) in [6.07, 6.45) is 5.02. The van der Waals surface area contributed by atoms with E-state index in [0.717, 1.165) is 12.7 Å². The minimum atomic E-state index is -3.37. The Morgan fingerprint density at radius 3 is 2.73 bits per heavy atom. The number of carbonyl (C=O) groups excluding carboxylic acids is 1. The molecular weight excluding hydrogens is 304 g/mol. The maximum absolute atomic E-state index is 11.8. The highest BCUT2D eigenvalue weighted by Gasteiger charge is 2.15. The van der Waals surface area contributed by atoms with Gasteiger partial charge in [0, 0.05) is 12.8 Å². The number of benzene rings is 1. The molecule has 0 saturated carbocycles. The normalized spacial score (nSPS) is 11.2. The van der Waals surface area contributed by atoms with Crippen molar-refractivity contribution in [2.24, 2.45) is 0 Å². The largest absolute Gasteiger partial charge is 0.338 e. The molecule has 2 aromatic rings. The SMILES string of the molecule is CCCNC(=O)Nc1cnn(-c2ccccc2S(C)(=O)=O)c1. The Morgan fingerprint density at radius 2 is 2.05 bits per heavy atom. The fourth-order valence-electron chi connectivity index (χ4n) is 1.89. The van der Waals surface area contributed by atoms with Crippen molar-refractivity contribution in [2.75, 3.05) is 18.1 Å². The van der Waals surface area contributed by atoms with Gasteiger partial charge in [-0.15, -0.1) is 0 Å². The highest BCUT2D eigenvalue weighted by Crippen LogP contribution is 2.20. The third kappa shape index (κ3) is 3.85. The predicted molar refractivity (Wildman–Crippen MR) is 84.0 cm³/mol. The van der Waals surface area contributed by atoms with E-state index in [2.05, 4.69) is 15.7 Å². The lowest BCUT2D eigenvalue weighted by Gasteiger charge is -2.07. The third-order valence-corrected chi connectivity index (χ3v) is 4.03. The second kappa shape index (κ2) is 6.61. The quantitative estimate of drug-likeness (QED) is 0.878. The monoisotopic (exact) mass is 322 g/mol. The first-order valence-electron chi connectivity index (χ1n) is 6.81. The van der Waals surface area contributed by atoms with Crippen LogP contribution in [0.3, 0.4) is 0 Å². The number of sulfone groups is 1. The fourth-order valence-corrected chi connectivity index (χ4v) is 2.76. The van der Waals surface area contributed by atoms with Crippen molar-refractivity contribution in [1.29, 1.82) is 0 Å². The van der Waals surface area contributed by atoms with Gasteiger partial charge in [-0.3, -0.25) is 0 Å². The molecule has 0 unspecified atom stereocenters. The van der Waals surface area contributed by atoms with Crippen LogP contribution >= 0.6 is 0 Å². The molecule has 1 heterocycles. The van der Waals surface area contributed by atoms with Gasteiger partial charge in [0.15, 0.2) is 9.84 Å². The Labute approximate surface area is 129 Å². The van der Waals surface area contributed by atoms with Crippen molar-refractivity contribution < 1.29 is 13.2 Å². The number of anilines is 1. The summed E-state index contributed by atoms with van der Waals surface area (Å²) in [5, 5.41) is 9.43. The summed E-state index contributed by atoms with van der Waals surface area (Å²) in [5.41, 5.74) is 0.920. The summed E-state index contributed by atoms with van der Waals surface area (Å²) in [7, 11) is -3.37. The van der Waals surface area contributed by atoms with E-state index in [0.29, 0.717) is 17.9 Å². The zero-order valence-electron chi connectivity index (χ0n) is 12.4. The van der Waals surface area contributed by atoms with Gasteiger partial charge in [0.05, 0.1) is 28.7 Å². The molecule has 1 aromatic heterocycles. The molecule has 0 saturated heterocycles. The van der Waals surface area contributed by atoms with Crippen molar-refractivity contribution in [3.05, 3.63) is 36.7 Å².